The number of carboxylic acids is 1. The maximum Gasteiger partial charge on any atom is 0.329 e. The molecule has 0 bridgehead atoms. The number of rotatable bonds is 7. The maximum absolute atomic E-state index is 12.6. The highest BCUT2D eigenvalue weighted by molar-refractivity contribution is 7.91. The van der Waals surface area contributed by atoms with Crippen molar-refractivity contribution >= 4 is 21.7 Å². The number of carboxylic acid groups (broad SMARTS) is 1. The van der Waals surface area contributed by atoms with E-state index in [0.717, 1.165) is 24.8 Å². The Bertz CT molecular complexity index is 749. The van der Waals surface area contributed by atoms with Crippen LogP contribution >= 0.6 is 0 Å². The van der Waals surface area contributed by atoms with E-state index in [9.17, 15) is 23.1 Å². The number of carbonyl (C=O) groups excluding carboxylic acids is 1. The van der Waals surface area contributed by atoms with Crippen molar-refractivity contribution in [3.05, 3.63) is 29.8 Å². The molecule has 1 fully saturated rings. The van der Waals surface area contributed by atoms with Crippen LogP contribution in [-0.4, -0.2) is 48.6 Å². The number of sulfone groups is 1. The topological polar surface area (TPSA) is 91.8 Å². The standard InChI is InChI=1S/C19H27NO5S/c1-3-26(24,25)16-10-7-15(8-11-16)9-12-17(21)20(2)19(18(22)23)13-5-4-6-14-19/h7-8,10-11H,3-6,9,12-14H2,1-2H3,(H,22,23). The monoisotopic (exact) mass is 381 g/mol. The average molecular weight is 381 g/mol. The molecular formula is C19H27NO5S. The minimum atomic E-state index is -3.23. The fraction of sp³-hybridized carbons (Fsp3) is 0.579. The van der Waals surface area contributed by atoms with Gasteiger partial charge in [0.2, 0.25) is 5.91 Å². The van der Waals surface area contributed by atoms with Gasteiger partial charge in [-0.3, -0.25) is 4.79 Å². The molecule has 0 aromatic heterocycles. The van der Waals surface area contributed by atoms with Crippen molar-refractivity contribution in [2.75, 3.05) is 12.8 Å². The van der Waals surface area contributed by atoms with Gasteiger partial charge in [0.15, 0.2) is 9.84 Å². The third-order valence-corrected chi connectivity index (χ3v) is 7.14. The smallest absolute Gasteiger partial charge is 0.329 e. The van der Waals surface area contributed by atoms with Crippen molar-refractivity contribution in [2.24, 2.45) is 0 Å². The molecule has 1 N–H and O–H groups in total. The minimum Gasteiger partial charge on any atom is -0.479 e. The van der Waals surface area contributed by atoms with Gasteiger partial charge in [-0.2, -0.15) is 0 Å². The van der Waals surface area contributed by atoms with Gasteiger partial charge >= 0.3 is 5.97 Å². The number of aryl methyl sites for hydroxylation is 1. The summed E-state index contributed by atoms with van der Waals surface area (Å²) in [5.74, 6) is -1.07. The first-order chi connectivity index (χ1) is 12.2. The molecule has 6 nitrogen and oxygen atoms in total. The number of carbonyl (C=O) groups is 2. The predicted molar refractivity (Wildman–Crippen MR) is 98.7 cm³/mol. The molecule has 1 aliphatic carbocycles. The summed E-state index contributed by atoms with van der Waals surface area (Å²) in [7, 11) is -1.65. The van der Waals surface area contributed by atoms with Crippen molar-refractivity contribution < 1.29 is 23.1 Å². The zero-order valence-corrected chi connectivity index (χ0v) is 16.2. The number of nitrogens with zero attached hydrogens (tertiary/aromatic N) is 1. The summed E-state index contributed by atoms with van der Waals surface area (Å²) < 4.78 is 23.7. The van der Waals surface area contributed by atoms with Gasteiger partial charge in [0.05, 0.1) is 10.6 Å². The van der Waals surface area contributed by atoms with Crippen LogP contribution in [0, 0.1) is 0 Å². The molecule has 144 valence electrons. The Balaban J connectivity index is 2.02. The summed E-state index contributed by atoms with van der Waals surface area (Å²) in [6.45, 7) is 1.60. The first kappa shape index (κ1) is 20.4. The number of aliphatic carboxylic acids is 1. The highest BCUT2D eigenvalue weighted by Crippen LogP contribution is 2.33. The molecule has 26 heavy (non-hydrogen) atoms. The third kappa shape index (κ3) is 4.26. The molecule has 0 saturated heterocycles. The van der Waals surface area contributed by atoms with Crippen molar-refractivity contribution in [1.29, 1.82) is 0 Å². The highest BCUT2D eigenvalue weighted by atomic mass is 32.2. The van der Waals surface area contributed by atoms with E-state index < -0.39 is 21.3 Å². The SMILES string of the molecule is CCS(=O)(=O)c1ccc(CCC(=O)N(C)C2(C(=O)O)CCCCC2)cc1. The van der Waals surface area contributed by atoms with Crippen molar-refractivity contribution in [3.8, 4) is 0 Å². The Kier molecular flexibility index (Phi) is 6.44. The summed E-state index contributed by atoms with van der Waals surface area (Å²) in [6.07, 6.45) is 4.28. The average Bonchev–Trinajstić information content (AvgIpc) is 2.66. The van der Waals surface area contributed by atoms with Crippen LogP contribution < -0.4 is 0 Å². The number of benzene rings is 1. The van der Waals surface area contributed by atoms with Gasteiger partial charge in [-0.1, -0.05) is 38.3 Å². The lowest BCUT2D eigenvalue weighted by Gasteiger charge is -2.41. The van der Waals surface area contributed by atoms with E-state index in [2.05, 4.69) is 0 Å². The number of hydrogen-bond acceptors (Lipinski definition) is 4. The summed E-state index contributed by atoms with van der Waals surface area (Å²) in [5, 5.41) is 9.67. The molecule has 7 heteroatoms. The summed E-state index contributed by atoms with van der Waals surface area (Å²) in [4.78, 5) is 26.1. The zero-order chi connectivity index (χ0) is 19.4. The van der Waals surface area contributed by atoms with Crippen LogP contribution in [0.4, 0.5) is 0 Å². The van der Waals surface area contributed by atoms with Crippen molar-refractivity contribution in [3.63, 3.8) is 0 Å². The Morgan fingerprint density at radius 2 is 1.69 bits per heavy atom. The number of amides is 1. The van der Waals surface area contributed by atoms with Crippen LogP contribution in [-0.2, 0) is 25.8 Å². The molecule has 2 rings (SSSR count). The Morgan fingerprint density at radius 3 is 2.19 bits per heavy atom. The van der Waals surface area contributed by atoms with Gasteiger partial charge in [0.1, 0.15) is 5.54 Å². The predicted octanol–water partition coefficient (Wildman–Crippen LogP) is 2.66. The van der Waals surface area contributed by atoms with Gasteiger partial charge in [-0.05, 0) is 37.0 Å². The fourth-order valence-corrected chi connectivity index (χ4v) is 4.40. The Labute approximate surface area is 155 Å². The summed E-state index contributed by atoms with van der Waals surface area (Å²) in [6, 6.07) is 6.54. The molecule has 0 aliphatic heterocycles. The molecule has 1 aliphatic rings. The summed E-state index contributed by atoms with van der Waals surface area (Å²) >= 11 is 0. The fourth-order valence-electron chi connectivity index (χ4n) is 3.52. The second-order valence-electron chi connectivity index (χ2n) is 6.90. The molecule has 0 unspecified atom stereocenters. The van der Waals surface area contributed by atoms with E-state index in [1.165, 1.54) is 4.90 Å². The molecule has 1 aromatic carbocycles. The van der Waals surface area contributed by atoms with Crippen LogP contribution in [0.3, 0.4) is 0 Å². The van der Waals surface area contributed by atoms with E-state index in [1.54, 1.807) is 38.2 Å². The van der Waals surface area contributed by atoms with E-state index in [0.29, 0.717) is 19.3 Å². The lowest BCUT2D eigenvalue weighted by Crippen LogP contribution is -2.56. The lowest BCUT2D eigenvalue weighted by atomic mass is 9.80. The van der Waals surface area contributed by atoms with E-state index in [-0.39, 0.29) is 23.0 Å². The summed E-state index contributed by atoms with van der Waals surface area (Å²) in [5.41, 5.74) is -0.233. The Hall–Kier alpha value is -1.89. The first-order valence-corrected chi connectivity index (χ1v) is 10.7. The molecule has 0 radical (unpaired) electrons. The molecule has 1 aromatic rings. The lowest BCUT2D eigenvalue weighted by molar-refractivity contribution is -0.160. The number of likely N-dealkylation sites (N-methyl/N-ethyl adjacent to an activating group) is 1. The van der Waals surface area contributed by atoms with Crippen LogP contribution in [0.15, 0.2) is 29.2 Å². The molecular weight excluding hydrogens is 354 g/mol. The Morgan fingerprint density at radius 1 is 1.12 bits per heavy atom. The minimum absolute atomic E-state index is 0.0485. The maximum atomic E-state index is 12.6. The first-order valence-electron chi connectivity index (χ1n) is 9.05. The molecule has 0 spiro atoms. The number of hydrogen-bond donors (Lipinski definition) is 1. The van der Waals surface area contributed by atoms with Crippen LogP contribution in [0.5, 0.6) is 0 Å². The third-order valence-electron chi connectivity index (χ3n) is 5.39. The molecule has 0 heterocycles. The van der Waals surface area contributed by atoms with Crippen LogP contribution in [0.25, 0.3) is 0 Å². The van der Waals surface area contributed by atoms with E-state index >= 15 is 0 Å². The second-order valence-corrected chi connectivity index (χ2v) is 9.18. The second kappa shape index (κ2) is 8.20. The quantitative estimate of drug-likeness (QED) is 0.784. The molecule has 1 amide bonds. The van der Waals surface area contributed by atoms with Gasteiger partial charge in [-0.15, -0.1) is 0 Å². The zero-order valence-electron chi connectivity index (χ0n) is 15.4. The molecule has 0 atom stereocenters. The van der Waals surface area contributed by atoms with Crippen molar-refractivity contribution in [2.45, 2.75) is 62.3 Å². The van der Waals surface area contributed by atoms with E-state index in [4.69, 9.17) is 0 Å². The normalized spacial score (nSPS) is 16.8. The molecule has 1 saturated carbocycles. The van der Waals surface area contributed by atoms with Gasteiger partial charge < -0.3 is 10.0 Å². The van der Waals surface area contributed by atoms with Crippen LogP contribution in [0.2, 0.25) is 0 Å². The van der Waals surface area contributed by atoms with Gasteiger partial charge in [0, 0.05) is 13.5 Å². The van der Waals surface area contributed by atoms with Gasteiger partial charge in [-0.25, -0.2) is 13.2 Å². The largest absolute Gasteiger partial charge is 0.479 e. The van der Waals surface area contributed by atoms with Crippen molar-refractivity contribution in [1.82, 2.24) is 4.90 Å². The van der Waals surface area contributed by atoms with Crippen LogP contribution in [0.1, 0.15) is 51.0 Å². The van der Waals surface area contributed by atoms with Gasteiger partial charge in [0.25, 0.3) is 0 Å². The highest BCUT2D eigenvalue weighted by Gasteiger charge is 2.45. The van der Waals surface area contributed by atoms with E-state index in [1.807, 2.05) is 0 Å².